The van der Waals surface area contributed by atoms with Crippen LogP contribution >= 0.6 is 11.6 Å². The third-order valence-corrected chi connectivity index (χ3v) is 4.48. The van der Waals surface area contributed by atoms with Crippen LogP contribution in [-0.4, -0.2) is 23.1 Å². The van der Waals surface area contributed by atoms with Crippen molar-refractivity contribution in [1.29, 1.82) is 0 Å². The number of aromatic carboxylic acids is 1. The molecule has 0 fully saturated rings. The minimum Gasteiger partial charge on any atom is -0.478 e. The van der Waals surface area contributed by atoms with Crippen LogP contribution in [0.5, 0.6) is 0 Å². The lowest BCUT2D eigenvalue weighted by molar-refractivity contribution is -0.137. The Morgan fingerprint density at radius 1 is 1.04 bits per heavy atom. The van der Waals surface area contributed by atoms with Crippen molar-refractivity contribution in [3.05, 3.63) is 70.2 Å². The summed E-state index contributed by atoms with van der Waals surface area (Å²) in [4.78, 5) is 23.6. The van der Waals surface area contributed by atoms with E-state index in [1.165, 1.54) is 12.1 Å². The fraction of sp³-hybridized carbons (Fsp3) is 0.333. The molecule has 0 aliphatic heterocycles. The molecule has 0 aliphatic carbocycles. The van der Waals surface area contributed by atoms with Crippen molar-refractivity contribution in [3.8, 4) is 0 Å². The van der Waals surface area contributed by atoms with Gasteiger partial charge < -0.3 is 15.2 Å². The third-order valence-electron chi connectivity index (χ3n) is 4.22. The summed E-state index contributed by atoms with van der Waals surface area (Å²) in [5.41, 5.74) is 1.98. The van der Waals surface area contributed by atoms with Crippen LogP contribution in [0.2, 0.25) is 5.02 Å². The van der Waals surface area contributed by atoms with Gasteiger partial charge >= 0.3 is 5.97 Å². The normalized spacial score (nSPS) is 13.2. The molecule has 2 rings (SSSR count). The quantitative estimate of drug-likeness (QED) is 0.699. The number of ether oxygens (including phenoxy) is 1. The van der Waals surface area contributed by atoms with E-state index in [9.17, 15) is 9.59 Å². The van der Waals surface area contributed by atoms with E-state index in [1.54, 1.807) is 24.3 Å². The second kappa shape index (κ2) is 9.53. The van der Waals surface area contributed by atoms with Crippen LogP contribution in [0.1, 0.15) is 48.3 Å². The maximum atomic E-state index is 12.7. The third kappa shape index (κ3) is 6.08. The molecule has 0 aliphatic rings. The van der Waals surface area contributed by atoms with Gasteiger partial charge in [-0.25, -0.2) is 4.79 Å². The van der Waals surface area contributed by atoms with Gasteiger partial charge in [-0.3, -0.25) is 4.79 Å². The van der Waals surface area contributed by atoms with Gasteiger partial charge in [-0.1, -0.05) is 49.7 Å². The molecule has 2 atom stereocenters. The average molecular weight is 390 g/mol. The first-order valence-corrected chi connectivity index (χ1v) is 9.15. The zero-order chi connectivity index (χ0) is 20.0. The number of carboxylic acids is 1. The van der Waals surface area contributed by atoms with Gasteiger partial charge in [-0.05, 0) is 48.2 Å². The van der Waals surface area contributed by atoms with Gasteiger partial charge in [0, 0.05) is 5.02 Å². The number of hydrogen-bond donors (Lipinski definition) is 2. The molecule has 0 saturated carbocycles. The number of carbonyl (C=O) groups is 2. The van der Waals surface area contributed by atoms with Gasteiger partial charge in [-0.2, -0.15) is 0 Å². The lowest BCUT2D eigenvalue weighted by Crippen LogP contribution is -2.40. The molecular weight excluding hydrogens is 366 g/mol. The van der Waals surface area contributed by atoms with Crippen LogP contribution in [0.15, 0.2) is 48.5 Å². The highest BCUT2D eigenvalue weighted by Gasteiger charge is 2.24. The summed E-state index contributed by atoms with van der Waals surface area (Å²) >= 11 is 5.88. The molecule has 0 aromatic heterocycles. The highest BCUT2D eigenvalue weighted by atomic mass is 35.5. The largest absolute Gasteiger partial charge is 0.478 e. The standard InChI is InChI=1S/C21H24ClNO4/c1-13(2)19(27-12-15-4-10-18(22)11-5-15)20(24)23-14(3)16-6-8-17(9-7-16)21(25)26/h4-11,13-14,19H,12H2,1-3H3,(H,23,24)(H,25,26). The van der Waals surface area contributed by atoms with Crippen LogP contribution in [0, 0.1) is 5.92 Å². The van der Waals surface area contributed by atoms with Crippen LogP contribution < -0.4 is 5.32 Å². The Bertz CT molecular complexity index is 772. The Labute approximate surface area is 164 Å². The lowest BCUT2D eigenvalue weighted by atomic mass is 10.0. The summed E-state index contributed by atoms with van der Waals surface area (Å²) in [5, 5.41) is 12.6. The zero-order valence-electron chi connectivity index (χ0n) is 15.6. The Kier molecular flexibility index (Phi) is 7.39. The first kappa shape index (κ1) is 20.9. The fourth-order valence-corrected chi connectivity index (χ4v) is 2.76. The summed E-state index contributed by atoms with van der Waals surface area (Å²) in [5.74, 6) is -1.18. The molecule has 6 heteroatoms. The summed E-state index contributed by atoms with van der Waals surface area (Å²) in [7, 11) is 0. The number of hydrogen-bond acceptors (Lipinski definition) is 3. The van der Waals surface area contributed by atoms with Crippen LogP contribution in [0.4, 0.5) is 0 Å². The van der Waals surface area contributed by atoms with Gasteiger partial charge in [0.1, 0.15) is 6.10 Å². The SMILES string of the molecule is CC(NC(=O)C(OCc1ccc(Cl)cc1)C(C)C)c1ccc(C(=O)O)cc1. The lowest BCUT2D eigenvalue weighted by Gasteiger charge is -2.23. The van der Waals surface area contributed by atoms with E-state index in [4.69, 9.17) is 21.4 Å². The summed E-state index contributed by atoms with van der Waals surface area (Å²) in [6.45, 7) is 6.02. The number of benzene rings is 2. The minimum absolute atomic E-state index is 0.00103. The van der Waals surface area contributed by atoms with Crippen molar-refractivity contribution in [3.63, 3.8) is 0 Å². The van der Waals surface area contributed by atoms with Crippen molar-refractivity contribution in [2.45, 2.75) is 39.5 Å². The van der Waals surface area contributed by atoms with E-state index in [-0.39, 0.29) is 23.4 Å². The Morgan fingerprint density at radius 3 is 2.15 bits per heavy atom. The summed E-state index contributed by atoms with van der Waals surface area (Å²) in [6.07, 6.45) is -0.596. The van der Waals surface area contributed by atoms with E-state index in [0.29, 0.717) is 11.6 Å². The predicted molar refractivity (Wildman–Crippen MR) is 105 cm³/mol. The number of nitrogens with one attached hydrogen (secondary N) is 1. The topological polar surface area (TPSA) is 75.6 Å². The molecule has 2 aromatic rings. The molecule has 0 saturated heterocycles. The van der Waals surface area contributed by atoms with Gasteiger partial charge in [0.25, 0.3) is 0 Å². The van der Waals surface area contributed by atoms with E-state index in [0.717, 1.165) is 11.1 Å². The molecule has 0 heterocycles. The van der Waals surface area contributed by atoms with Gasteiger partial charge in [-0.15, -0.1) is 0 Å². The number of halogens is 1. The van der Waals surface area contributed by atoms with Crippen molar-refractivity contribution >= 4 is 23.5 Å². The number of amides is 1. The molecule has 2 N–H and O–H groups in total. The predicted octanol–water partition coefficient (Wildman–Crippen LogP) is 4.46. The summed E-state index contributed by atoms with van der Waals surface area (Å²) in [6, 6.07) is 13.5. The van der Waals surface area contributed by atoms with Crippen molar-refractivity contribution in [2.24, 2.45) is 5.92 Å². The first-order valence-electron chi connectivity index (χ1n) is 8.77. The Balaban J connectivity index is 1.98. The van der Waals surface area contributed by atoms with Crippen molar-refractivity contribution < 1.29 is 19.4 Å². The molecule has 27 heavy (non-hydrogen) atoms. The zero-order valence-corrected chi connectivity index (χ0v) is 16.4. The van der Waals surface area contributed by atoms with Crippen LogP contribution in [0.25, 0.3) is 0 Å². The molecule has 0 radical (unpaired) electrons. The molecule has 2 unspecified atom stereocenters. The van der Waals surface area contributed by atoms with Gasteiger partial charge in [0.15, 0.2) is 0 Å². The van der Waals surface area contributed by atoms with Gasteiger partial charge in [0.2, 0.25) is 5.91 Å². The van der Waals surface area contributed by atoms with E-state index in [1.807, 2.05) is 32.9 Å². The minimum atomic E-state index is -0.978. The second-order valence-electron chi connectivity index (χ2n) is 6.76. The second-order valence-corrected chi connectivity index (χ2v) is 7.20. The molecule has 2 aromatic carbocycles. The smallest absolute Gasteiger partial charge is 0.335 e. The maximum absolute atomic E-state index is 12.7. The highest BCUT2D eigenvalue weighted by Crippen LogP contribution is 2.17. The molecule has 5 nitrogen and oxygen atoms in total. The number of carbonyl (C=O) groups excluding carboxylic acids is 1. The average Bonchev–Trinajstić information content (AvgIpc) is 2.63. The fourth-order valence-electron chi connectivity index (χ4n) is 2.63. The monoisotopic (exact) mass is 389 g/mol. The number of carboxylic acid groups (broad SMARTS) is 1. The molecule has 144 valence electrons. The van der Waals surface area contributed by atoms with E-state index < -0.39 is 12.1 Å². The molecular formula is C21H24ClNO4. The van der Waals surface area contributed by atoms with Crippen LogP contribution in [0.3, 0.4) is 0 Å². The highest BCUT2D eigenvalue weighted by molar-refractivity contribution is 6.30. The van der Waals surface area contributed by atoms with E-state index >= 15 is 0 Å². The van der Waals surface area contributed by atoms with Gasteiger partial charge in [0.05, 0.1) is 18.2 Å². The van der Waals surface area contributed by atoms with Crippen molar-refractivity contribution in [1.82, 2.24) is 5.32 Å². The Hall–Kier alpha value is -2.37. The summed E-state index contributed by atoms with van der Waals surface area (Å²) < 4.78 is 5.85. The molecule has 1 amide bonds. The maximum Gasteiger partial charge on any atom is 0.335 e. The Morgan fingerprint density at radius 2 is 1.63 bits per heavy atom. The van der Waals surface area contributed by atoms with E-state index in [2.05, 4.69) is 5.32 Å². The van der Waals surface area contributed by atoms with Crippen molar-refractivity contribution in [2.75, 3.05) is 0 Å². The number of rotatable bonds is 8. The molecule has 0 spiro atoms. The first-order chi connectivity index (χ1) is 12.8. The molecule has 0 bridgehead atoms. The van der Waals surface area contributed by atoms with Crippen LogP contribution in [-0.2, 0) is 16.1 Å².